The minimum absolute atomic E-state index is 0.435. The standard InChI is InChI=1S/C26H34N6O2/c33-26(34)28-14-18-6-8-19(9-7-18)17-32-24-22(16-29-32)15-27-25(31-24)30-23-12-10-21(11-13-23)20-4-2-1-3-5-20/h10-13,15-16,18-20,28H,1-9,14,17H2,(H,33,34)(H,27,30,31). The van der Waals surface area contributed by atoms with Gasteiger partial charge in [0.25, 0.3) is 0 Å². The first-order chi connectivity index (χ1) is 16.6. The highest BCUT2D eigenvalue weighted by Gasteiger charge is 2.23. The molecule has 0 atom stereocenters. The zero-order chi connectivity index (χ0) is 23.3. The molecule has 3 aromatic rings. The summed E-state index contributed by atoms with van der Waals surface area (Å²) in [6.07, 6.45) is 13.6. The Labute approximate surface area is 200 Å². The second kappa shape index (κ2) is 10.4. The summed E-state index contributed by atoms with van der Waals surface area (Å²) in [7, 11) is 0. The largest absolute Gasteiger partial charge is 0.465 e. The topological polar surface area (TPSA) is 105 Å². The van der Waals surface area contributed by atoms with Crippen molar-refractivity contribution < 1.29 is 9.90 Å². The molecule has 1 amide bonds. The lowest BCUT2D eigenvalue weighted by Gasteiger charge is -2.28. The van der Waals surface area contributed by atoms with Gasteiger partial charge in [0, 0.05) is 25.0 Å². The number of hydrogen-bond acceptors (Lipinski definition) is 5. The molecule has 2 aromatic heterocycles. The number of carbonyl (C=O) groups is 1. The fourth-order valence-electron chi connectivity index (χ4n) is 5.56. The Morgan fingerprint density at radius 2 is 1.71 bits per heavy atom. The first kappa shape index (κ1) is 22.6. The molecule has 3 N–H and O–H groups in total. The van der Waals surface area contributed by atoms with E-state index in [9.17, 15) is 4.79 Å². The maximum absolute atomic E-state index is 10.7. The van der Waals surface area contributed by atoms with Crippen molar-refractivity contribution in [3.05, 3.63) is 42.2 Å². The third kappa shape index (κ3) is 5.48. The van der Waals surface area contributed by atoms with Gasteiger partial charge in [-0.1, -0.05) is 31.4 Å². The number of benzene rings is 1. The van der Waals surface area contributed by atoms with Crippen molar-refractivity contribution in [3.63, 3.8) is 0 Å². The van der Waals surface area contributed by atoms with E-state index >= 15 is 0 Å². The maximum Gasteiger partial charge on any atom is 0.404 e. The molecule has 0 radical (unpaired) electrons. The predicted octanol–water partition coefficient (Wildman–Crippen LogP) is 5.69. The first-order valence-electron chi connectivity index (χ1n) is 12.7. The molecule has 8 heteroatoms. The zero-order valence-electron chi connectivity index (χ0n) is 19.6. The lowest BCUT2D eigenvalue weighted by Crippen LogP contribution is -2.30. The second-order valence-electron chi connectivity index (χ2n) is 9.95. The second-order valence-corrected chi connectivity index (χ2v) is 9.95. The van der Waals surface area contributed by atoms with Crippen LogP contribution in [0.25, 0.3) is 11.0 Å². The minimum Gasteiger partial charge on any atom is -0.465 e. The SMILES string of the molecule is O=C(O)NCC1CCC(Cn2ncc3cnc(Nc4ccc(C5CCCCC5)cc4)nc32)CC1. The van der Waals surface area contributed by atoms with Gasteiger partial charge in [0.05, 0.1) is 11.6 Å². The van der Waals surface area contributed by atoms with E-state index in [2.05, 4.69) is 45.0 Å². The van der Waals surface area contributed by atoms with E-state index in [1.165, 1.54) is 37.7 Å². The van der Waals surface area contributed by atoms with Gasteiger partial charge in [-0.2, -0.15) is 10.1 Å². The predicted molar refractivity (Wildman–Crippen MR) is 132 cm³/mol. The number of nitrogens with one attached hydrogen (secondary N) is 2. The molecule has 2 fully saturated rings. The monoisotopic (exact) mass is 462 g/mol. The Kier molecular flexibility index (Phi) is 6.92. The number of anilines is 2. The molecular weight excluding hydrogens is 428 g/mol. The Hall–Kier alpha value is -3.16. The van der Waals surface area contributed by atoms with Crippen molar-refractivity contribution in [2.75, 3.05) is 11.9 Å². The summed E-state index contributed by atoms with van der Waals surface area (Å²) in [6.45, 7) is 1.38. The highest BCUT2D eigenvalue weighted by Crippen LogP contribution is 2.33. The van der Waals surface area contributed by atoms with Gasteiger partial charge in [-0.15, -0.1) is 0 Å². The molecule has 1 aromatic carbocycles. The molecule has 2 heterocycles. The van der Waals surface area contributed by atoms with Crippen LogP contribution in [0, 0.1) is 11.8 Å². The summed E-state index contributed by atoms with van der Waals surface area (Å²) in [4.78, 5) is 20.0. The zero-order valence-corrected chi connectivity index (χ0v) is 19.6. The number of aromatic nitrogens is 4. The van der Waals surface area contributed by atoms with Gasteiger partial charge in [0.15, 0.2) is 5.65 Å². The summed E-state index contributed by atoms with van der Waals surface area (Å²) in [6, 6.07) is 8.74. The Morgan fingerprint density at radius 3 is 2.44 bits per heavy atom. The summed E-state index contributed by atoms with van der Waals surface area (Å²) in [5.41, 5.74) is 3.29. The molecule has 8 nitrogen and oxygen atoms in total. The van der Waals surface area contributed by atoms with E-state index < -0.39 is 6.09 Å². The summed E-state index contributed by atoms with van der Waals surface area (Å²) in [5.74, 6) is 2.25. The van der Waals surface area contributed by atoms with Crippen molar-refractivity contribution in [2.45, 2.75) is 70.3 Å². The molecule has 2 aliphatic rings. The molecule has 2 aliphatic carbocycles. The summed E-state index contributed by atoms with van der Waals surface area (Å²) in [5, 5.41) is 20.2. The quantitative estimate of drug-likeness (QED) is 0.416. The average Bonchev–Trinajstić information content (AvgIpc) is 3.26. The van der Waals surface area contributed by atoms with Gasteiger partial charge in [-0.25, -0.2) is 14.5 Å². The molecule has 0 spiro atoms. The highest BCUT2D eigenvalue weighted by molar-refractivity contribution is 5.75. The Morgan fingerprint density at radius 1 is 0.971 bits per heavy atom. The van der Waals surface area contributed by atoms with Gasteiger partial charge in [0.2, 0.25) is 5.95 Å². The van der Waals surface area contributed by atoms with E-state index in [1.807, 2.05) is 17.1 Å². The number of fused-ring (bicyclic) bond motifs is 1. The fourth-order valence-corrected chi connectivity index (χ4v) is 5.56. The van der Waals surface area contributed by atoms with Gasteiger partial charge in [-0.3, -0.25) is 0 Å². The molecule has 5 rings (SSSR count). The summed E-state index contributed by atoms with van der Waals surface area (Å²) < 4.78 is 1.99. The van der Waals surface area contributed by atoms with Crippen LogP contribution in [0.15, 0.2) is 36.7 Å². The molecule has 34 heavy (non-hydrogen) atoms. The normalized spacial score (nSPS) is 21.4. The molecule has 0 bridgehead atoms. The van der Waals surface area contributed by atoms with Crippen LogP contribution in [0.5, 0.6) is 0 Å². The number of rotatable bonds is 7. The Bertz CT molecular complexity index is 1100. The number of hydrogen-bond donors (Lipinski definition) is 3. The lowest BCUT2D eigenvalue weighted by atomic mass is 9.82. The molecule has 0 unspecified atom stereocenters. The van der Waals surface area contributed by atoms with Crippen LogP contribution in [0.4, 0.5) is 16.4 Å². The van der Waals surface area contributed by atoms with Crippen molar-refractivity contribution in [2.24, 2.45) is 11.8 Å². The first-order valence-corrected chi connectivity index (χ1v) is 12.7. The van der Waals surface area contributed by atoms with Gasteiger partial charge < -0.3 is 15.7 Å². The third-order valence-corrected chi connectivity index (χ3v) is 7.56. The fraction of sp³-hybridized carbons (Fsp3) is 0.538. The van der Waals surface area contributed by atoms with Crippen molar-refractivity contribution in [3.8, 4) is 0 Å². The van der Waals surface area contributed by atoms with Crippen LogP contribution < -0.4 is 10.6 Å². The van der Waals surface area contributed by atoms with Gasteiger partial charge >= 0.3 is 6.09 Å². The highest BCUT2D eigenvalue weighted by atomic mass is 16.4. The van der Waals surface area contributed by atoms with Crippen molar-refractivity contribution >= 4 is 28.8 Å². The minimum atomic E-state index is -0.936. The maximum atomic E-state index is 10.7. The number of amides is 1. The van der Waals surface area contributed by atoms with E-state index in [0.29, 0.717) is 30.2 Å². The number of carboxylic acid groups (broad SMARTS) is 1. The third-order valence-electron chi connectivity index (χ3n) is 7.56. The molecule has 180 valence electrons. The summed E-state index contributed by atoms with van der Waals surface area (Å²) >= 11 is 0. The van der Waals surface area contributed by atoms with Gasteiger partial charge in [0.1, 0.15) is 0 Å². The molecule has 0 saturated heterocycles. The average molecular weight is 463 g/mol. The van der Waals surface area contributed by atoms with Crippen molar-refractivity contribution in [1.82, 2.24) is 25.1 Å². The molecular formula is C26H34N6O2. The van der Waals surface area contributed by atoms with Gasteiger partial charge in [-0.05, 0) is 74.0 Å². The van der Waals surface area contributed by atoms with E-state index in [-0.39, 0.29) is 0 Å². The van der Waals surface area contributed by atoms with E-state index in [0.717, 1.165) is 48.9 Å². The molecule has 2 saturated carbocycles. The van der Waals surface area contributed by atoms with Crippen LogP contribution in [-0.2, 0) is 6.54 Å². The van der Waals surface area contributed by atoms with Crippen LogP contribution in [0.2, 0.25) is 0 Å². The van der Waals surface area contributed by atoms with E-state index in [4.69, 9.17) is 10.1 Å². The smallest absolute Gasteiger partial charge is 0.404 e. The molecule has 0 aliphatic heterocycles. The Balaban J connectivity index is 1.21. The van der Waals surface area contributed by atoms with Crippen LogP contribution in [0.3, 0.4) is 0 Å². The van der Waals surface area contributed by atoms with Crippen LogP contribution in [-0.4, -0.2) is 37.5 Å². The van der Waals surface area contributed by atoms with Crippen LogP contribution in [0.1, 0.15) is 69.3 Å². The lowest BCUT2D eigenvalue weighted by molar-refractivity contribution is 0.186. The van der Waals surface area contributed by atoms with Crippen LogP contribution >= 0.6 is 0 Å². The van der Waals surface area contributed by atoms with Crippen molar-refractivity contribution in [1.29, 1.82) is 0 Å². The van der Waals surface area contributed by atoms with E-state index in [1.54, 1.807) is 0 Å². The number of nitrogens with zero attached hydrogens (tertiary/aromatic N) is 4.